The van der Waals surface area contributed by atoms with Gasteiger partial charge in [0.25, 0.3) is 0 Å². The molecule has 1 atom stereocenters. The van der Waals surface area contributed by atoms with Crippen molar-refractivity contribution in [3.63, 3.8) is 0 Å². The zero-order valence-corrected chi connectivity index (χ0v) is 8.28. The summed E-state index contributed by atoms with van der Waals surface area (Å²) in [6, 6.07) is 0. The van der Waals surface area contributed by atoms with Gasteiger partial charge in [0, 0.05) is 5.41 Å². The van der Waals surface area contributed by atoms with Crippen molar-refractivity contribution in [2.75, 3.05) is 6.61 Å². The fraction of sp³-hybridized carbons (Fsp3) is 0.600. The maximum atomic E-state index is 11.2. The summed E-state index contributed by atoms with van der Waals surface area (Å²) in [5, 5.41) is 11.5. The Morgan fingerprint density at radius 3 is 2.60 bits per heavy atom. The second-order valence-corrected chi connectivity index (χ2v) is 4.18. The molecule has 0 radical (unpaired) electrons. The van der Waals surface area contributed by atoms with Crippen LogP contribution in [-0.2, 0) is 9.53 Å². The zero-order valence-electron chi connectivity index (χ0n) is 8.28. The summed E-state index contributed by atoms with van der Waals surface area (Å²) < 4.78 is 4.71. The van der Waals surface area contributed by atoms with Crippen LogP contribution in [0.4, 0.5) is 4.79 Å². The topological polar surface area (TPSA) is 75.6 Å². The first kappa shape index (κ1) is 10.0. The largest absolute Gasteiger partial charge is 0.479 e. The van der Waals surface area contributed by atoms with Gasteiger partial charge in [-0.15, -0.1) is 0 Å². The Bertz CT molecular complexity index is 334. The summed E-state index contributed by atoms with van der Waals surface area (Å²) in [5.41, 5.74) is -1.24. The van der Waals surface area contributed by atoms with Crippen LogP contribution in [0.15, 0.2) is 12.7 Å². The standard InChI is InChI=1S/C10H13NO4/c1-2-5-15-8(14)11-10(7(12)13)6-9(10)3-4-9/h2H,1,3-6H2,(H,11,14)(H,12,13). The van der Waals surface area contributed by atoms with Crippen molar-refractivity contribution in [1.82, 2.24) is 5.32 Å². The average Bonchev–Trinajstić information content (AvgIpc) is 3.05. The highest BCUT2D eigenvalue weighted by Crippen LogP contribution is 2.73. The van der Waals surface area contributed by atoms with Crippen LogP contribution in [0.3, 0.4) is 0 Å². The predicted octanol–water partition coefficient (Wildman–Crippen LogP) is 0.906. The third-order valence-electron chi connectivity index (χ3n) is 3.25. The van der Waals surface area contributed by atoms with E-state index in [1.54, 1.807) is 0 Å². The molecule has 1 amide bonds. The highest BCUT2D eigenvalue weighted by Gasteiger charge is 2.79. The molecule has 0 aromatic carbocycles. The van der Waals surface area contributed by atoms with Gasteiger partial charge in [0.15, 0.2) is 0 Å². The summed E-state index contributed by atoms with van der Waals surface area (Å²) in [6.45, 7) is 3.49. The number of carboxylic acid groups (broad SMARTS) is 1. The summed E-state index contributed by atoms with van der Waals surface area (Å²) in [7, 11) is 0. The molecule has 0 bridgehead atoms. The normalized spacial score (nSPS) is 29.3. The van der Waals surface area contributed by atoms with Crippen LogP contribution in [0.1, 0.15) is 19.3 Å². The summed E-state index contributed by atoms with van der Waals surface area (Å²) >= 11 is 0. The maximum absolute atomic E-state index is 11.2. The van der Waals surface area contributed by atoms with Crippen LogP contribution >= 0.6 is 0 Å². The number of rotatable bonds is 4. The molecule has 2 saturated carbocycles. The zero-order chi connectivity index (χ0) is 11.1. The fourth-order valence-electron chi connectivity index (χ4n) is 2.10. The number of ether oxygens (including phenoxy) is 1. The lowest BCUT2D eigenvalue weighted by Crippen LogP contribution is -2.45. The van der Waals surface area contributed by atoms with E-state index >= 15 is 0 Å². The Morgan fingerprint density at radius 1 is 1.53 bits per heavy atom. The van der Waals surface area contributed by atoms with Crippen molar-refractivity contribution < 1.29 is 19.4 Å². The first-order chi connectivity index (χ1) is 7.06. The lowest BCUT2D eigenvalue weighted by Gasteiger charge is -2.13. The number of carbonyl (C=O) groups is 2. The number of carboxylic acids is 1. The van der Waals surface area contributed by atoms with Crippen LogP contribution < -0.4 is 5.32 Å². The minimum atomic E-state index is -1.06. The van der Waals surface area contributed by atoms with Crippen LogP contribution in [0, 0.1) is 5.41 Å². The number of hydrogen-bond acceptors (Lipinski definition) is 3. The number of carbonyl (C=O) groups excluding carboxylic acids is 1. The molecule has 2 N–H and O–H groups in total. The number of aliphatic carboxylic acids is 1. The minimum Gasteiger partial charge on any atom is -0.479 e. The van der Waals surface area contributed by atoms with E-state index in [1.807, 2.05) is 0 Å². The van der Waals surface area contributed by atoms with E-state index in [9.17, 15) is 9.59 Å². The Labute approximate surface area is 87.1 Å². The molecule has 0 aromatic rings. The molecule has 2 aliphatic rings. The molecule has 2 fully saturated rings. The molecule has 5 nitrogen and oxygen atoms in total. The number of nitrogens with one attached hydrogen (secondary N) is 1. The van der Waals surface area contributed by atoms with Crippen LogP contribution in [0.2, 0.25) is 0 Å². The molecule has 0 saturated heterocycles. The first-order valence-corrected chi connectivity index (χ1v) is 4.86. The van der Waals surface area contributed by atoms with Crippen molar-refractivity contribution in [3.05, 3.63) is 12.7 Å². The summed E-state index contributed by atoms with van der Waals surface area (Å²) in [5.74, 6) is -0.962. The number of amides is 1. The predicted molar refractivity (Wildman–Crippen MR) is 51.3 cm³/mol. The van der Waals surface area contributed by atoms with E-state index in [2.05, 4.69) is 11.9 Å². The number of alkyl carbamates (subject to hydrolysis) is 1. The van der Waals surface area contributed by atoms with Crippen molar-refractivity contribution in [1.29, 1.82) is 0 Å². The van der Waals surface area contributed by atoms with Crippen LogP contribution in [0.25, 0.3) is 0 Å². The molecule has 82 valence electrons. The quantitative estimate of drug-likeness (QED) is 0.677. The second kappa shape index (κ2) is 2.98. The monoisotopic (exact) mass is 211 g/mol. The van der Waals surface area contributed by atoms with Crippen LogP contribution in [0.5, 0.6) is 0 Å². The Morgan fingerprint density at radius 2 is 2.20 bits per heavy atom. The minimum absolute atomic E-state index is 0.0918. The van der Waals surface area contributed by atoms with E-state index < -0.39 is 17.6 Å². The van der Waals surface area contributed by atoms with E-state index in [-0.39, 0.29) is 12.0 Å². The van der Waals surface area contributed by atoms with Crippen molar-refractivity contribution in [2.45, 2.75) is 24.8 Å². The lowest BCUT2D eigenvalue weighted by atomic mass is 10.2. The van der Waals surface area contributed by atoms with Gasteiger partial charge in [-0.2, -0.15) is 0 Å². The van der Waals surface area contributed by atoms with Gasteiger partial charge in [-0.1, -0.05) is 12.7 Å². The third-order valence-corrected chi connectivity index (χ3v) is 3.25. The molecule has 0 aliphatic heterocycles. The molecule has 0 aromatic heterocycles. The van der Waals surface area contributed by atoms with Gasteiger partial charge in [0.05, 0.1) is 0 Å². The van der Waals surface area contributed by atoms with Gasteiger partial charge in [-0.05, 0) is 19.3 Å². The Hall–Kier alpha value is -1.52. The molecular weight excluding hydrogens is 198 g/mol. The van der Waals surface area contributed by atoms with Gasteiger partial charge in [-0.25, -0.2) is 9.59 Å². The van der Waals surface area contributed by atoms with E-state index in [1.165, 1.54) is 6.08 Å². The molecule has 2 aliphatic carbocycles. The van der Waals surface area contributed by atoms with E-state index in [4.69, 9.17) is 9.84 Å². The van der Waals surface area contributed by atoms with Gasteiger partial charge < -0.3 is 15.2 Å². The second-order valence-electron chi connectivity index (χ2n) is 4.18. The van der Waals surface area contributed by atoms with E-state index in [0.717, 1.165) is 12.8 Å². The smallest absolute Gasteiger partial charge is 0.408 e. The maximum Gasteiger partial charge on any atom is 0.408 e. The van der Waals surface area contributed by atoms with E-state index in [0.29, 0.717) is 6.42 Å². The van der Waals surface area contributed by atoms with Crippen molar-refractivity contribution >= 4 is 12.1 Å². The Balaban J connectivity index is 1.95. The van der Waals surface area contributed by atoms with Crippen molar-refractivity contribution in [3.8, 4) is 0 Å². The SMILES string of the molecule is C=CCOC(=O)NC1(C(=O)O)CC12CC2. The highest BCUT2D eigenvalue weighted by atomic mass is 16.5. The van der Waals surface area contributed by atoms with Gasteiger partial charge in [0.2, 0.25) is 0 Å². The fourth-order valence-corrected chi connectivity index (χ4v) is 2.10. The van der Waals surface area contributed by atoms with Gasteiger partial charge in [0.1, 0.15) is 12.1 Å². The Kier molecular flexibility index (Phi) is 1.99. The lowest BCUT2D eigenvalue weighted by molar-refractivity contribution is -0.141. The molecule has 15 heavy (non-hydrogen) atoms. The van der Waals surface area contributed by atoms with Gasteiger partial charge >= 0.3 is 12.1 Å². The average molecular weight is 211 g/mol. The molecular formula is C10H13NO4. The summed E-state index contributed by atoms with van der Waals surface area (Å²) in [6.07, 6.45) is 3.04. The summed E-state index contributed by atoms with van der Waals surface area (Å²) in [4.78, 5) is 22.3. The highest BCUT2D eigenvalue weighted by molar-refractivity contribution is 5.90. The molecule has 1 unspecified atom stereocenters. The molecule has 2 rings (SSSR count). The third kappa shape index (κ3) is 1.38. The molecule has 5 heteroatoms. The van der Waals surface area contributed by atoms with Crippen LogP contribution in [-0.4, -0.2) is 29.3 Å². The van der Waals surface area contributed by atoms with Gasteiger partial charge in [-0.3, -0.25) is 0 Å². The molecule has 0 heterocycles. The molecule has 1 spiro atoms. The number of hydrogen-bond donors (Lipinski definition) is 2. The first-order valence-electron chi connectivity index (χ1n) is 4.86. The van der Waals surface area contributed by atoms with Crippen molar-refractivity contribution in [2.24, 2.45) is 5.41 Å².